The van der Waals surface area contributed by atoms with Gasteiger partial charge in [0, 0.05) is 22.2 Å². The molecule has 0 saturated heterocycles. The molecule has 0 spiro atoms. The molecule has 0 aliphatic carbocycles. The zero-order chi connectivity index (χ0) is 23.8. The van der Waals surface area contributed by atoms with Gasteiger partial charge in [0.1, 0.15) is 5.70 Å². The number of carbonyl (C=O) groups is 2. The van der Waals surface area contributed by atoms with Crippen molar-refractivity contribution < 1.29 is 28.5 Å². The summed E-state index contributed by atoms with van der Waals surface area (Å²) in [6.07, 6.45) is 1.61. The molecule has 0 unspecified atom stereocenters. The highest BCUT2D eigenvalue weighted by Crippen LogP contribution is 2.30. The normalized spacial score (nSPS) is 10.8. The van der Waals surface area contributed by atoms with Crippen LogP contribution in [0.15, 0.2) is 59.6 Å². The number of hydrogen-bond acceptors (Lipinski definition) is 7. The Labute approximate surface area is 195 Å². The Morgan fingerprint density at radius 2 is 1.45 bits per heavy atom. The van der Waals surface area contributed by atoms with E-state index in [0.29, 0.717) is 34.2 Å². The van der Waals surface area contributed by atoms with Crippen LogP contribution in [0.1, 0.15) is 15.2 Å². The summed E-state index contributed by atoms with van der Waals surface area (Å²) in [7, 11) is 6.03. The van der Waals surface area contributed by atoms with Gasteiger partial charge in [-0.25, -0.2) is 0 Å². The van der Waals surface area contributed by atoms with E-state index in [4.69, 9.17) is 18.9 Å². The van der Waals surface area contributed by atoms with Crippen LogP contribution >= 0.6 is 11.3 Å². The number of amides is 2. The molecule has 0 aliphatic heterocycles. The number of thiophene rings is 1. The predicted molar refractivity (Wildman–Crippen MR) is 127 cm³/mol. The Morgan fingerprint density at radius 1 is 0.818 bits per heavy atom. The molecule has 0 atom stereocenters. The van der Waals surface area contributed by atoms with Gasteiger partial charge in [0.05, 0.1) is 28.4 Å². The van der Waals surface area contributed by atoms with E-state index in [1.807, 2.05) is 17.5 Å². The highest BCUT2D eigenvalue weighted by molar-refractivity contribution is 7.10. The van der Waals surface area contributed by atoms with Crippen molar-refractivity contribution in [3.05, 3.63) is 70.0 Å². The van der Waals surface area contributed by atoms with E-state index in [0.717, 1.165) is 4.88 Å². The molecule has 0 bridgehead atoms. The molecule has 2 aromatic carbocycles. The molecule has 3 aromatic rings. The first kappa shape index (κ1) is 23.7. The minimum atomic E-state index is -0.496. The lowest BCUT2D eigenvalue weighted by molar-refractivity contribution is -0.113. The van der Waals surface area contributed by atoms with Crippen molar-refractivity contribution in [3.8, 4) is 23.0 Å². The van der Waals surface area contributed by atoms with Crippen LogP contribution < -0.4 is 29.6 Å². The zero-order valence-electron chi connectivity index (χ0n) is 18.6. The number of carbonyl (C=O) groups excluding carboxylic acids is 2. The minimum Gasteiger partial charge on any atom is -0.493 e. The number of benzene rings is 2. The minimum absolute atomic E-state index is 0.0759. The molecule has 3 rings (SSSR count). The lowest BCUT2D eigenvalue weighted by atomic mass is 10.1. The summed E-state index contributed by atoms with van der Waals surface area (Å²) in [4.78, 5) is 26.8. The highest BCUT2D eigenvalue weighted by Gasteiger charge is 2.18. The molecule has 2 amide bonds. The molecule has 2 N–H and O–H groups in total. The Balaban J connectivity index is 1.86. The first-order chi connectivity index (χ1) is 16.0. The smallest absolute Gasteiger partial charge is 0.272 e. The Hall–Kier alpha value is -3.98. The van der Waals surface area contributed by atoms with Crippen LogP contribution in [0.5, 0.6) is 23.0 Å². The van der Waals surface area contributed by atoms with E-state index in [2.05, 4.69) is 10.6 Å². The standard InChI is InChI=1S/C24H24N2O6S/c1-29-19-9-7-15(12-21(19)31-3)23(27)26-18(14-17-6-5-11-33-17)24(28)25-16-8-10-20(30-2)22(13-16)32-4/h5-14H,1-4H3,(H,25,28)(H,26,27)/b18-14-. The van der Waals surface area contributed by atoms with Crippen LogP contribution in [0.4, 0.5) is 5.69 Å². The Bertz CT molecular complexity index is 1160. The summed E-state index contributed by atoms with van der Waals surface area (Å²) < 4.78 is 21.0. The fourth-order valence-corrected chi connectivity index (χ4v) is 3.62. The number of anilines is 1. The van der Waals surface area contributed by atoms with Crippen molar-refractivity contribution in [1.82, 2.24) is 5.32 Å². The average molecular weight is 469 g/mol. The molecule has 33 heavy (non-hydrogen) atoms. The van der Waals surface area contributed by atoms with E-state index in [1.165, 1.54) is 39.8 Å². The highest BCUT2D eigenvalue weighted by atomic mass is 32.1. The number of methoxy groups -OCH3 is 4. The predicted octanol–water partition coefficient (Wildman–Crippen LogP) is 4.19. The van der Waals surface area contributed by atoms with Crippen LogP contribution in [-0.4, -0.2) is 40.3 Å². The fraction of sp³-hybridized carbons (Fsp3) is 0.167. The van der Waals surface area contributed by atoms with E-state index >= 15 is 0 Å². The molecule has 1 aromatic heterocycles. The maximum atomic E-state index is 13.1. The van der Waals surface area contributed by atoms with Gasteiger partial charge in [-0.1, -0.05) is 6.07 Å². The summed E-state index contributed by atoms with van der Waals surface area (Å²) in [6.45, 7) is 0. The number of nitrogens with one attached hydrogen (secondary N) is 2. The number of hydrogen-bond donors (Lipinski definition) is 2. The van der Waals surface area contributed by atoms with Crippen LogP contribution in [0.3, 0.4) is 0 Å². The Kier molecular flexibility index (Phi) is 7.93. The SMILES string of the molecule is COc1ccc(NC(=O)/C(=C/c2cccs2)NC(=O)c2ccc(OC)c(OC)c2)cc1OC. The van der Waals surface area contributed by atoms with Crippen molar-refractivity contribution in [3.63, 3.8) is 0 Å². The van der Waals surface area contributed by atoms with Gasteiger partial charge in [0.25, 0.3) is 11.8 Å². The van der Waals surface area contributed by atoms with Gasteiger partial charge in [-0.2, -0.15) is 0 Å². The van der Waals surface area contributed by atoms with Gasteiger partial charge >= 0.3 is 0 Å². The maximum Gasteiger partial charge on any atom is 0.272 e. The topological polar surface area (TPSA) is 95.1 Å². The molecule has 8 nitrogen and oxygen atoms in total. The molecule has 9 heteroatoms. The van der Waals surface area contributed by atoms with E-state index < -0.39 is 11.8 Å². The molecular formula is C24H24N2O6S. The number of ether oxygens (including phenoxy) is 4. The quantitative estimate of drug-likeness (QED) is 0.457. The van der Waals surface area contributed by atoms with Crippen molar-refractivity contribution in [2.45, 2.75) is 0 Å². The summed E-state index contributed by atoms with van der Waals surface area (Å²) in [5.74, 6) is 0.934. The summed E-state index contributed by atoms with van der Waals surface area (Å²) in [5, 5.41) is 7.36. The van der Waals surface area contributed by atoms with Crippen molar-refractivity contribution in [2.24, 2.45) is 0 Å². The second kappa shape index (κ2) is 11.1. The summed E-state index contributed by atoms with van der Waals surface area (Å²) >= 11 is 1.44. The zero-order valence-corrected chi connectivity index (χ0v) is 19.4. The maximum absolute atomic E-state index is 13.1. The van der Waals surface area contributed by atoms with Crippen molar-refractivity contribution in [1.29, 1.82) is 0 Å². The first-order valence-corrected chi connectivity index (χ1v) is 10.7. The van der Waals surface area contributed by atoms with Gasteiger partial charge in [0.2, 0.25) is 0 Å². The van der Waals surface area contributed by atoms with Gasteiger partial charge in [0.15, 0.2) is 23.0 Å². The van der Waals surface area contributed by atoms with Gasteiger partial charge in [-0.15, -0.1) is 11.3 Å². The van der Waals surface area contributed by atoms with E-state index in [1.54, 1.807) is 42.5 Å². The average Bonchev–Trinajstić information content (AvgIpc) is 3.36. The lowest BCUT2D eigenvalue weighted by Crippen LogP contribution is -2.30. The third-order valence-corrected chi connectivity index (χ3v) is 5.43. The van der Waals surface area contributed by atoms with Crippen LogP contribution in [-0.2, 0) is 4.79 Å². The Morgan fingerprint density at radius 3 is 2.06 bits per heavy atom. The molecular weight excluding hydrogens is 444 g/mol. The second-order valence-electron chi connectivity index (χ2n) is 6.62. The third kappa shape index (κ3) is 5.83. The molecule has 172 valence electrons. The fourth-order valence-electron chi connectivity index (χ4n) is 2.96. The lowest BCUT2D eigenvalue weighted by Gasteiger charge is -2.14. The van der Waals surface area contributed by atoms with Crippen LogP contribution in [0.2, 0.25) is 0 Å². The van der Waals surface area contributed by atoms with E-state index in [9.17, 15) is 9.59 Å². The summed E-state index contributed by atoms with van der Waals surface area (Å²) in [5.41, 5.74) is 0.866. The molecule has 0 aliphatic rings. The molecule has 0 radical (unpaired) electrons. The van der Waals surface area contributed by atoms with Gasteiger partial charge < -0.3 is 29.6 Å². The monoisotopic (exact) mass is 468 g/mol. The van der Waals surface area contributed by atoms with E-state index in [-0.39, 0.29) is 5.70 Å². The summed E-state index contributed by atoms with van der Waals surface area (Å²) in [6, 6.07) is 13.5. The number of rotatable bonds is 9. The van der Waals surface area contributed by atoms with Crippen LogP contribution in [0.25, 0.3) is 6.08 Å². The molecule has 0 saturated carbocycles. The second-order valence-corrected chi connectivity index (χ2v) is 7.60. The molecule has 1 heterocycles. The van der Waals surface area contributed by atoms with Crippen molar-refractivity contribution >= 4 is 34.9 Å². The third-order valence-electron chi connectivity index (χ3n) is 4.61. The van der Waals surface area contributed by atoms with Gasteiger partial charge in [-0.05, 0) is 47.9 Å². The molecule has 0 fully saturated rings. The van der Waals surface area contributed by atoms with Crippen molar-refractivity contribution in [2.75, 3.05) is 33.8 Å². The van der Waals surface area contributed by atoms with Gasteiger partial charge in [-0.3, -0.25) is 9.59 Å². The first-order valence-electron chi connectivity index (χ1n) is 9.81. The van der Waals surface area contributed by atoms with Crippen LogP contribution in [0, 0.1) is 0 Å². The largest absolute Gasteiger partial charge is 0.493 e.